The van der Waals surface area contributed by atoms with Crippen molar-refractivity contribution in [3.63, 3.8) is 0 Å². The highest BCUT2D eigenvalue weighted by molar-refractivity contribution is 7.16. The van der Waals surface area contributed by atoms with Crippen LogP contribution in [0.2, 0.25) is 0 Å². The molecule has 0 N–H and O–H groups in total. The largest absolute Gasteiger partial charge is 0.482 e. The number of ketones is 1. The number of benzene rings is 1. The van der Waals surface area contributed by atoms with Crippen LogP contribution in [0.15, 0.2) is 35.7 Å². The minimum atomic E-state index is -0.563. The Balaban J connectivity index is 1.38. The van der Waals surface area contributed by atoms with Crippen LogP contribution in [-0.2, 0) is 27.2 Å². The smallest absolute Gasteiger partial charge is 0.410 e. The summed E-state index contributed by atoms with van der Waals surface area (Å²) in [6.07, 6.45) is 0.353. The molecule has 1 amide bonds. The van der Waals surface area contributed by atoms with Gasteiger partial charge in [-0.15, -0.1) is 22.7 Å². The average Bonchev–Trinajstić information content (AvgIpc) is 3.47. The summed E-state index contributed by atoms with van der Waals surface area (Å²) in [5, 5.41) is 2.26. The SMILES string of the molecule is CC(C)(C)OC(=O)COc1ccc(-c2csc(C(=O)c3cc4c(s3)CCN(C(=O)OC(C)(C)C)C4)n2)cc1. The molecular weight excluding hydrogens is 524 g/mol. The van der Waals surface area contributed by atoms with Crippen molar-refractivity contribution >= 4 is 40.5 Å². The Morgan fingerprint density at radius 1 is 1.00 bits per heavy atom. The molecule has 0 unspecified atom stereocenters. The summed E-state index contributed by atoms with van der Waals surface area (Å²) in [7, 11) is 0. The van der Waals surface area contributed by atoms with Gasteiger partial charge in [0.1, 0.15) is 17.0 Å². The van der Waals surface area contributed by atoms with E-state index >= 15 is 0 Å². The standard InChI is InChI=1S/C28H32N2O6S2/c1-27(2,3)35-23(31)15-34-19-9-7-17(8-10-19)20-16-37-25(29-20)24(32)22-13-18-14-30(12-11-21(18)38-22)26(33)36-28(4,5)6/h7-10,13,16H,11-12,14-15H2,1-6H3. The molecule has 8 nitrogen and oxygen atoms in total. The van der Waals surface area contributed by atoms with Crippen LogP contribution in [-0.4, -0.2) is 52.1 Å². The monoisotopic (exact) mass is 556 g/mol. The maximum absolute atomic E-state index is 13.2. The quantitative estimate of drug-likeness (QED) is 0.267. The van der Waals surface area contributed by atoms with Gasteiger partial charge in [-0.3, -0.25) is 4.79 Å². The maximum atomic E-state index is 13.2. The number of carbonyl (C=O) groups is 3. The normalized spacial score (nSPS) is 13.6. The second-order valence-electron chi connectivity index (χ2n) is 11.0. The van der Waals surface area contributed by atoms with Crippen LogP contribution < -0.4 is 4.74 Å². The zero-order valence-electron chi connectivity index (χ0n) is 22.5. The molecule has 0 saturated heterocycles. The number of thiophene rings is 1. The number of nitrogens with zero attached hydrogens (tertiary/aromatic N) is 2. The Bertz CT molecular complexity index is 1330. The number of hydrogen-bond donors (Lipinski definition) is 0. The number of aromatic nitrogens is 1. The summed E-state index contributed by atoms with van der Waals surface area (Å²) in [6.45, 7) is 11.8. The molecule has 0 bridgehead atoms. The van der Waals surface area contributed by atoms with Crippen molar-refractivity contribution in [2.45, 2.75) is 65.7 Å². The third-order valence-electron chi connectivity index (χ3n) is 5.37. The Morgan fingerprint density at radius 3 is 2.34 bits per heavy atom. The van der Waals surface area contributed by atoms with Crippen molar-refractivity contribution in [3.05, 3.63) is 56.0 Å². The molecule has 0 saturated carbocycles. The van der Waals surface area contributed by atoms with Crippen LogP contribution in [0.5, 0.6) is 5.75 Å². The fraction of sp³-hybridized carbons (Fsp3) is 0.429. The van der Waals surface area contributed by atoms with Crippen molar-refractivity contribution in [2.24, 2.45) is 0 Å². The first-order valence-electron chi connectivity index (χ1n) is 12.3. The fourth-order valence-electron chi connectivity index (χ4n) is 3.78. The number of esters is 1. The predicted octanol–water partition coefficient (Wildman–Crippen LogP) is 6.12. The van der Waals surface area contributed by atoms with E-state index in [9.17, 15) is 14.4 Å². The lowest BCUT2D eigenvalue weighted by atomic mass is 10.1. The molecule has 4 rings (SSSR count). The van der Waals surface area contributed by atoms with E-state index in [1.807, 2.05) is 44.4 Å². The number of carbonyl (C=O) groups excluding carboxylic acids is 3. The van der Waals surface area contributed by atoms with Crippen molar-refractivity contribution in [1.29, 1.82) is 0 Å². The van der Waals surface area contributed by atoms with E-state index in [0.29, 0.717) is 40.8 Å². The molecule has 2 aromatic heterocycles. The molecule has 1 aliphatic heterocycles. The third-order valence-corrected chi connectivity index (χ3v) is 7.44. The summed E-state index contributed by atoms with van der Waals surface area (Å²) in [5.41, 5.74) is 1.39. The molecule has 202 valence electrons. The van der Waals surface area contributed by atoms with Crippen LogP contribution in [0.25, 0.3) is 11.3 Å². The first-order chi connectivity index (χ1) is 17.8. The highest BCUT2D eigenvalue weighted by atomic mass is 32.1. The van der Waals surface area contributed by atoms with E-state index in [1.165, 1.54) is 22.7 Å². The molecule has 0 aliphatic carbocycles. The minimum Gasteiger partial charge on any atom is -0.482 e. The molecule has 38 heavy (non-hydrogen) atoms. The Hall–Kier alpha value is -3.24. The summed E-state index contributed by atoms with van der Waals surface area (Å²) in [6, 6.07) is 9.05. The highest BCUT2D eigenvalue weighted by Crippen LogP contribution is 2.32. The van der Waals surface area contributed by atoms with E-state index in [0.717, 1.165) is 16.0 Å². The lowest BCUT2D eigenvalue weighted by molar-refractivity contribution is -0.157. The molecule has 0 fully saturated rings. The summed E-state index contributed by atoms with van der Waals surface area (Å²) >= 11 is 2.76. The second-order valence-corrected chi connectivity index (χ2v) is 13.0. The number of amides is 1. The van der Waals surface area contributed by atoms with Crippen LogP contribution in [0.4, 0.5) is 4.79 Å². The van der Waals surface area contributed by atoms with E-state index in [4.69, 9.17) is 14.2 Å². The van der Waals surface area contributed by atoms with Crippen molar-refractivity contribution in [1.82, 2.24) is 9.88 Å². The van der Waals surface area contributed by atoms with Crippen molar-refractivity contribution in [3.8, 4) is 17.0 Å². The number of fused-ring (bicyclic) bond motifs is 1. The van der Waals surface area contributed by atoms with E-state index in [-0.39, 0.29) is 18.5 Å². The molecule has 0 spiro atoms. The van der Waals surface area contributed by atoms with Crippen LogP contribution in [0.1, 0.15) is 66.7 Å². The van der Waals surface area contributed by atoms with Gasteiger partial charge in [0.05, 0.1) is 17.1 Å². The highest BCUT2D eigenvalue weighted by Gasteiger charge is 2.28. The molecule has 1 aromatic carbocycles. The lowest BCUT2D eigenvalue weighted by Gasteiger charge is -2.29. The second kappa shape index (κ2) is 10.9. The summed E-state index contributed by atoms with van der Waals surface area (Å²) < 4.78 is 16.3. The first-order valence-corrected chi connectivity index (χ1v) is 14.0. The fourth-order valence-corrected chi connectivity index (χ4v) is 5.73. The molecule has 1 aliphatic rings. The molecule has 3 aromatic rings. The van der Waals surface area contributed by atoms with Gasteiger partial charge in [0.2, 0.25) is 5.78 Å². The molecule has 3 heterocycles. The summed E-state index contributed by atoms with van der Waals surface area (Å²) in [4.78, 5) is 45.5. The van der Waals surface area contributed by atoms with Gasteiger partial charge in [-0.1, -0.05) is 0 Å². The topological polar surface area (TPSA) is 95.0 Å². The number of ether oxygens (including phenoxy) is 3. The van der Waals surface area contributed by atoms with Crippen molar-refractivity contribution in [2.75, 3.05) is 13.2 Å². The Morgan fingerprint density at radius 2 is 1.68 bits per heavy atom. The van der Waals surface area contributed by atoms with Crippen LogP contribution >= 0.6 is 22.7 Å². The Labute approximate surface area is 230 Å². The third kappa shape index (κ3) is 7.20. The zero-order valence-corrected chi connectivity index (χ0v) is 24.1. The molecular formula is C28H32N2O6S2. The predicted molar refractivity (Wildman–Crippen MR) is 147 cm³/mol. The molecule has 0 atom stereocenters. The van der Waals surface area contributed by atoms with Gasteiger partial charge in [-0.2, -0.15) is 0 Å². The van der Waals surface area contributed by atoms with E-state index in [2.05, 4.69) is 4.98 Å². The summed E-state index contributed by atoms with van der Waals surface area (Å²) in [5.74, 6) is -0.0189. The Kier molecular flexibility index (Phi) is 7.94. The number of rotatable bonds is 6. The van der Waals surface area contributed by atoms with Gasteiger partial charge >= 0.3 is 12.1 Å². The van der Waals surface area contributed by atoms with E-state index < -0.39 is 17.2 Å². The lowest BCUT2D eigenvalue weighted by Crippen LogP contribution is -2.39. The molecule has 10 heteroatoms. The van der Waals surface area contributed by atoms with Crippen LogP contribution in [0.3, 0.4) is 0 Å². The minimum absolute atomic E-state index is 0.123. The van der Waals surface area contributed by atoms with Gasteiger partial charge in [-0.25, -0.2) is 14.6 Å². The van der Waals surface area contributed by atoms with Gasteiger partial charge in [0, 0.05) is 22.4 Å². The van der Waals surface area contributed by atoms with Gasteiger partial charge in [-0.05, 0) is 83.9 Å². The average molecular weight is 557 g/mol. The maximum Gasteiger partial charge on any atom is 0.410 e. The van der Waals surface area contributed by atoms with E-state index in [1.54, 1.807) is 37.8 Å². The number of thiazole rings is 1. The zero-order chi connectivity index (χ0) is 27.7. The molecule has 0 radical (unpaired) electrons. The van der Waals surface area contributed by atoms with Crippen molar-refractivity contribution < 1.29 is 28.6 Å². The van der Waals surface area contributed by atoms with Gasteiger partial charge < -0.3 is 19.1 Å². The van der Waals surface area contributed by atoms with Gasteiger partial charge in [0.25, 0.3) is 0 Å². The van der Waals surface area contributed by atoms with Crippen LogP contribution in [0, 0.1) is 0 Å². The van der Waals surface area contributed by atoms with Gasteiger partial charge in [0.15, 0.2) is 11.6 Å². The number of hydrogen-bond acceptors (Lipinski definition) is 9. The first kappa shape index (κ1) is 27.8.